The second kappa shape index (κ2) is 1.67. The Hall–Kier alpha value is 0. The predicted molar refractivity (Wildman–Crippen MR) is 46.2 cm³/mol. The van der Waals surface area contributed by atoms with E-state index in [-0.39, 0.29) is 0 Å². The van der Waals surface area contributed by atoms with E-state index in [9.17, 15) is 0 Å². The Morgan fingerprint density at radius 1 is 1.36 bits per heavy atom. The van der Waals surface area contributed by atoms with Crippen LogP contribution in [0.5, 0.6) is 0 Å². The maximum absolute atomic E-state index is 2.43. The van der Waals surface area contributed by atoms with E-state index in [4.69, 9.17) is 0 Å². The molecule has 0 nitrogen and oxygen atoms in total. The zero-order valence-corrected chi connectivity index (χ0v) is 7.64. The topological polar surface area (TPSA) is 0 Å². The molecule has 0 saturated heterocycles. The van der Waals surface area contributed by atoms with E-state index in [1.807, 2.05) is 0 Å². The van der Waals surface area contributed by atoms with Gasteiger partial charge in [0, 0.05) is 0 Å². The first kappa shape index (κ1) is 6.51. The quantitative estimate of drug-likeness (QED) is 0.539. The monoisotopic (exact) mass is 150 g/mol. The van der Waals surface area contributed by atoms with Crippen LogP contribution in [0.2, 0.25) is 0 Å². The Morgan fingerprint density at radius 3 is 2.91 bits per heavy atom. The van der Waals surface area contributed by atoms with Gasteiger partial charge in [-0.25, -0.2) is 0 Å². The van der Waals surface area contributed by atoms with Crippen LogP contribution < -0.4 is 0 Å². The molecule has 3 fully saturated rings. The van der Waals surface area contributed by atoms with Crippen LogP contribution in [-0.2, 0) is 0 Å². The summed E-state index contributed by atoms with van der Waals surface area (Å²) in [7, 11) is 0. The summed E-state index contributed by atoms with van der Waals surface area (Å²) >= 11 is 0. The van der Waals surface area contributed by atoms with Crippen LogP contribution in [0.25, 0.3) is 0 Å². The number of hydrogen-bond acceptors (Lipinski definition) is 0. The average Bonchev–Trinajstić information content (AvgIpc) is 2.81. The standard InChI is InChI=1S/C11H18/c1-7(2)11-4-3-8-5-9(8)10(11)6-11/h7-10H,3-6H2,1-2H3. The molecule has 3 rings (SSSR count). The summed E-state index contributed by atoms with van der Waals surface area (Å²) in [6.45, 7) is 4.87. The van der Waals surface area contributed by atoms with Crippen LogP contribution in [0.4, 0.5) is 0 Å². The van der Waals surface area contributed by atoms with Crippen molar-refractivity contribution in [2.24, 2.45) is 29.1 Å². The molecule has 0 aliphatic heterocycles. The van der Waals surface area contributed by atoms with Crippen molar-refractivity contribution in [2.75, 3.05) is 0 Å². The van der Waals surface area contributed by atoms with Gasteiger partial charge < -0.3 is 0 Å². The lowest BCUT2D eigenvalue weighted by Crippen LogP contribution is -2.17. The molecule has 0 aromatic heterocycles. The summed E-state index contributed by atoms with van der Waals surface area (Å²) in [5, 5.41) is 0. The second-order valence-electron chi connectivity index (χ2n) is 5.40. The van der Waals surface area contributed by atoms with Gasteiger partial charge in [0.2, 0.25) is 0 Å². The summed E-state index contributed by atoms with van der Waals surface area (Å²) in [4.78, 5) is 0. The van der Waals surface area contributed by atoms with E-state index >= 15 is 0 Å². The molecule has 3 saturated carbocycles. The molecule has 0 aromatic rings. The van der Waals surface area contributed by atoms with Gasteiger partial charge in [-0.1, -0.05) is 13.8 Å². The predicted octanol–water partition coefficient (Wildman–Crippen LogP) is 3.08. The minimum Gasteiger partial charge on any atom is -0.0622 e. The largest absolute Gasteiger partial charge is 0.0622 e. The Kier molecular flexibility index (Phi) is 0.990. The van der Waals surface area contributed by atoms with E-state index in [0.29, 0.717) is 0 Å². The van der Waals surface area contributed by atoms with Crippen molar-refractivity contribution in [3.05, 3.63) is 0 Å². The third kappa shape index (κ3) is 0.666. The lowest BCUT2D eigenvalue weighted by atomic mass is 9.80. The van der Waals surface area contributed by atoms with Crippen molar-refractivity contribution in [2.45, 2.75) is 39.5 Å². The van der Waals surface area contributed by atoms with Crippen molar-refractivity contribution in [1.29, 1.82) is 0 Å². The van der Waals surface area contributed by atoms with Gasteiger partial charge in [-0.3, -0.25) is 0 Å². The first-order valence-electron chi connectivity index (χ1n) is 5.24. The van der Waals surface area contributed by atoms with Crippen LogP contribution in [0.1, 0.15) is 39.5 Å². The maximum Gasteiger partial charge on any atom is -0.0240 e. The third-order valence-electron chi connectivity index (χ3n) is 4.80. The smallest absolute Gasteiger partial charge is 0.0240 e. The molecule has 0 heterocycles. The lowest BCUT2D eigenvalue weighted by Gasteiger charge is -2.25. The van der Waals surface area contributed by atoms with Crippen molar-refractivity contribution in [1.82, 2.24) is 0 Å². The lowest BCUT2D eigenvalue weighted by molar-refractivity contribution is 0.244. The van der Waals surface area contributed by atoms with Crippen molar-refractivity contribution in [3.8, 4) is 0 Å². The first-order valence-corrected chi connectivity index (χ1v) is 5.24. The normalized spacial score (nSPS) is 58.6. The van der Waals surface area contributed by atoms with E-state index < -0.39 is 0 Å². The highest BCUT2D eigenvalue weighted by Gasteiger charge is 2.66. The minimum atomic E-state index is 0.859. The summed E-state index contributed by atoms with van der Waals surface area (Å²) in [5.41, 5.74) is 0.859. The van der Waals surface area contributed by atoms with E-state index in [2.05, 4.69) is 13.8 Å². The van der Waals surface area contributed by atoms with Gasteiger partial charge >= 0.3 is 0 Å². The van der Waals surface area contributed by atoms with Crippen LogP contribution in [0.15, 0.2) is 0 Å². The summed E-state index contributed by atoms with van der Waals surface area (Å²) in [5.74, 6) is 4.54. The van der Waals surface area contributed by atoms with Crippen molar-refractivity contribution in [3.63, 3.8) is 0 Å². The molecule has 0 spiro atoms. The SMILES string of the molecule is CC(C)C12CCC3CC3C1C2. The van der Waals surface area contributed by atoms with Crippen molar-refractivity contribution >= 4 is 0 Å². The maximum atomic E-state index is 2.43. The van der Waals surface area contributed by atoms with Gasteiger partial charge in [0.15, 0.2) is 0 Å². The molecule has 0 bridgehead atoms. The van der Waals surface area contributed by atoms with Gasteiger partial charge in [-0.2, -0.15) is 0 Å². The Morgan fingerprint density at radius 2 is 2.18 bits per heavy atom. The van der Waals surface area contributed by atoms with E-state index in [1.54, 1.807) is 25.7 Å². The first-order chi connectivity index (χ1) is 5.24. The molecule has 0 N–H and O–H groups in total. The highest BCUT2D eigenvalue weighted by molar-refractivity contribution is 5.15. The van der Waals surface area contributed by atoms with Crippen molar-refractivity contribution < 1.29 is 0 Å². The van der Waals surface area contributed by atoms with Gasteiger partial charge in [0.25, 0.3) is 0 Å². The molecule has 3 aliphatic carbocycles. The molecule has 0 aromatic carbocycles. The van der Waals surface area contributed by atoms with Gasteiger partial charge in [-0.15, -0.1) is 0 Å². The molecule has 4 atom stereocenters. The fraction of sp³-hybridized carbons (Fsp3) is 1.00. The minimum absolute atomic E-state index is 0.859. The van der Waals surface area contributed by atoms with Crippen LogP contribution in [-0.4, -0.2) is 0 Å². The van der Waals surface area contributed by atoms with E-state index in [0.717, 1.165) is 11.3 Å². The number of hydrogen-bond donors (Lipinski definition) is 0. The van der Waals surface area contributed by atoms with Crippen LogP contribution >= 0.6 is 0 Å². The highest BCUT2D eigenvalue weighted by atomic mass is 14.7. The Balaban J connectivity index is 1.83. The van der Waals surface area contributed by atoms with Gasteiger partial charge in [0.1, 0.15) is 0 Å². The molecular formula is C11H18. The summed E-state index contributed by atoms with van der Waals surface area (Å²) < 4.78 is 0. The molecule has 11 heavy (non-hydrogen) atoms. The highest BCUT2D eigenvalue weighted by Crippen LogP contribution is 2.74. The molecular weight excluding hydrogens is 132 g/mol. The third-order valence-corrected chi connectivity index (χ3v) is 4.80. The molecule has 62 valence electrons. The molecule has 3 aliphatic rings. The molecule has 4 unspecified atom stereocenters. The fourth-order valence-electron chi connectivity index (χ4n) is 3.72. The number of rotatable bonds is 1. The Bertz CT molecular complexity index is 194. The summed E-state index contributed by atoms with van der Waals surface area (Å²) in [6, 6.07) is 0. The van der Waals surface area contributed by atoms with Crippen LogP contribution in [0, 0.1) is 29.1 Å². The zero-order valence-electron chi connectivity index (χ0n) is 7.64. The average molecular weight is 150 g/mol. The van der Waals surface area contributed by atoms with Crippen LogP contribution in [0.3, 0.4) is 0 Å². The second-order valence-corrected chi connectivity index (χ2v) is 5.40. The Labute approximate surface area is 69.4 Å². The fourth-order valence-corrected chi connectivity index (χ4v) is 3.72. The molecule has 0 heteroatoms. The number of fused-ring (bicyclic) bond motifs is 3. The van der Waals surface area contributed by atoms with E-state index in [1.165, 1.54) is 17.8 Å². The molecule has 0 radical (unpaired) electrons. The molecule has 0 amide bonds. The van der Waals surface area contributed by atoms with Gasteiger partial charge in [-0.05, 0) is 54.8 Å². The summed E-state index contributed by atoms with van der Waals surface area (Å²) in [6.07, 6.45) is 6.32. The van der Waals surface area contributed by atoms with Gasteiger partial charge in [0.05, 0.1) is 0 Å². The zero-order chi connectivity index (χ0) is 7.64.